The fraction of sp³-hybridized carbons (Fsp3) is 0.0923. The summed E-state index contributed by atoms with van der Waals surface area (Å²) < 4.78 is 2.36. The van der Waals surface area contributed by atoms with E-state index in [-0.39, 0.29) is 0 Å². The Bertz CT molecular complexity index is 3670. The third-order valence-corrected chi connectivity index (χ3v) is 14.0. The molecular weight excluding hydrogens is 827 g/mol. The summed E-state index contributed by atoms with van der Waals surface area (Å²) in [4.78, 5) is 2.35. The Balaban J connectivity index is 0.000000941. The van der Waals surface area contributed by atoms with Gasteiger partial charge in [0.1, 0.15) is 0 Å². The van der Waals surface area contributed by atoms with E-state index < -0.39 is 0 Å². The first-order valence-corrected chi connectivity index (χ1v) is 24.1. The van der Waals surface area contributed by atoms with Gasteiger partial charge in [0.2, 0.25) is 0 Å². The zero-order valence-electron chi connectivity index (χ0n) is 37.9. The predicted molar refractivity (Wildman–Crippen MR) is 286 cm³/mol. The topological polar surface area (TPSA) is 4.93 Å². The number of allylic oxidation sites excluding steroid dienone is 29. The van der Waals surface area contributed by atoms with Crippen LogP contribution in [0, 0.1) is 5.92 Å². The fourth-order valence-corrected chi connectivity index (χ4v) is 10.9. The highest BCUT2D eigenvalue weighted by atomic mass is 32.2. The molecule has 0 fully saturated rings. The van der Waals surface area contributed by atoms with Crippen molar-refractivity contribution in [3.8, 4) is 0 Å². The zero-order valence-corrected chi connectivity index (χ0v) is 38.7. The normalized spacial score (nSPS) is 19.5. The third-order valence-electron chi connectivity index (χ3n) is 12.8. The molecule has 4 bridgehead atoms. The van der Waals surface area contributed by atoms with Gasteiger partial charge in [0.25, 0.3) is 0 Å². The molecule has 7 aliphatic carbocycles. The maximum absolute atomic E-state index is 3.82. The van der Waals surface area contributed by atoms with Gasteiger partial charge in [-0.3, -0.25) is 0 Å². The van der Waals surface area contributed by atoms with Crippen LogP contribution in [0.1, 0.15) is 50.3 Å². The highest BCUT2D eigenvalue weighted by Gasteiger charge is 2.27. The third kappa shape index (κ3) is 7.88. The number of thioether (sulfide) groups is 1. The minimum absolute atomic E-state index is 0.496. The summed E-state index contributed by atoms with van der Waals surface area (Å²) in [6.07, 6.45) is 50.0. The van der Waals surface area contributed by atoms with Gasteiger partial charge < -0.3 is 4.57 Å². The summed E-state index contributed by atoms with van der Waals surface area (Å²) in [7, 11) is 0. The zero-order chi connectivity index (χ0) is 45.3. The van der Waals surface area contributed by atoms with E-state index in [1.807, 2.05) is 43.0 Å². The summed E-state index contributed by atoms with van der Waals surface area (Å²) in [6, 6.07) is 24.3. The van der Waals surface area contributed by atoms with Crippen LogP contribution in [0.4, 0.5) is 0 Å². The van der Waals surface area contributed by atoms with Crippen LogP contribution in [0.15, 0.2) is 283 Å². The van der Waals surface area contributed by atoms with Gasteiger partial charge in [-0.1, -0.05) is 177 Å². The first kappa shape index (κ1) is 41.7. The van der Waals surface area contributed by atoms with E-state index in [2.05, 4.69) is 223 Å². The maximum atomic E-state index is 3.82. The lowest BCUT2D eigenvalue weighted by Gasteiger charge is -2.22. The van der Waals surface area contributed by atoms with Gasteiger partial charge in [0.05, 0.1) is 21.6 Å². The molecule has 0 amide bonds. The van der Waals surface area contributed by atoms with Crippen LogP contribution in [0.2, 0.25) is 0 Å². The first-order chi connectivity index (χ1) is 33.1. The van der Waals surface area contributed by atoms with Crippen molar-refractivity contribution < 1.29 is 0 Å². The van der Waals surface area contributed by atoms with Gasteiger partial charge in [0.15, 0.2) is 0 Å². The lowest BCUT2D eigenvalue weighted by Crippen LogP contribution is -2.02. The summed E-state index contributed by atoms with van der Waals surface area (Å²) >= 11 is 1.81. The smallest absolute Gasteiger partial charge is 0.0897 e. The quantitative estimate of drug-likeness (QED) is 0.143. The van der Waals surface area contributed by atoms with Crippen LogP contribution in [-0.2, 0) is 0 Å². The molecule has 0 spiro atoms. The van der Waals surface area contributed by atoms with E-state index in [9.17, 15) is 0 Å². The molecule has 12 rings (SSSR count). The molecule has 3 aromatic carbocycles. The van der Waals surface area contributed by atoms with Crippen molar-refractivity contribution in [2.45, 2.75) is 33.6 Å². The number of aromatic nitrogens is 1. The Labute approximate surface area is 398 Å². The Hall–Kier alpha value is -7.97. The lowest BCUT2D eigenvalue weighted by atomic mass is 9.89. The minimum atomic E-state index is 0.496. The van der Waals surface area contributed by atoms with Crippen molar-refractivity contribution in [3.05, 3.63) is 300 Å². The molecule has 0 N–H and O–H groups in total. The highest BCUT2D eigenvalue weighted by Crippen LogP contribution is 2.49. The molecule has 0 radical (unpaired) electrons. The average molecular weight is 874 g/mol. The second-order valence-corrected chi connectivity index (χ2v) is 18.3. The van der Waals surface area contributed by atoms with Crippen molar-refractivity contribution >= 4 is 56.0 Å². The standard InChI is InChI=1S/C60H37NS.C5H10/c1-39-15-13-17-42(33-39)51-22-8-9-23-52-43-18-14-27-50(59(38-43)62-60(51)52)45-31-32-58-56(37-45)55-26-11-12-28-57(55)61(58)47-19-6-5-16-40(36-47)41-29-30-44-35-46(34-41)49-21-7-10-25-54(49)53-24-4-2-3-20-48(44)53;1-3-5-4-2/h2-14,16-18,20-21,23,25-34,36-37,39H,15H2,1H3;3,5H,4H2,1-2H3/b;5-3-. The molecule has 2 heteroatoms. The lowest BCUT2D eigenvalue weighted by molar-refractivity contribution is 0.731. The number of fused-ring (bicyclic) bond motifs is 9. The Morgan fingerprint density at radius 1 is 0.657 bits per heavy atom. The van der Waals surface area contributed by atoms with Crippen molar-refractivity contribution in [2.24, 2.45) is 5.92 Å². The molecule has 67 heavy (non-hydrogen) atoms. The number of hydrogen-bond donors (Lipinski definition) is 0. The van der Waals surface area contributed by atoms with Crippen LogP contribution in [0.25, 0.3) is 44.2 Å². The molecule has 1 nitrogen and oxygen atoms in total. The second kappa shape index (κ2) is 18.1. The number of para-hydroxylation sites is 1. The molecule has 2 heterocycles. The van der Waals surface area contributed by atoms with E-state index >= 15 is 0 Å². The Morgan fingerprint density at radius 3 is 2.33 bits per heavy atom. The second-order valence-electron chi connectivity index (χ2n) is 17.2. The molecule has 1 atom stereocenters. The van der Waals surface area contributed by atoms with E-state index in [1.54, 1.807) is 0 Å². The SMILES string of the molecule is C/C=C\CC.CC1C=C(C2=C=CC=CC3=C2SC2=C=C3C=CC=C2c2ccc3c(c2)c2ccccc2n3C2=C=CC=CC(C3=CC4=C=C(C=C3)C3=CC=CC=C=C3c3ccccc34)=C2)C=CC1. The predicted octanol–water partition coefficient (Wildman–Crippen LogP) is 16.9. The van der Waals surface area contributed by atoms with E-state index in [1.165, 1.54) is 26.8 Å². The van der Waals surface area contributed by atoms with Crippen LogP contribution < -0.4 is 0 Å². The van der Waals surface area contributed by atoms with Crippen LogP contribution in [-0.4, -0.2) is 4.57 Å². The van der Waals surface area contributed by atoms with Crippen LogP contribution >= 0.6 is 11.8 Å². The summed E-state index contributed by atoms with van der Waals surface area (Å²) in [6.45, 7) is 6.44. The van der Waals surface area contributed by atoms with E-state index in [0.29, 0.717) is 5.92 Å². The number of rotatable bonds is 5. The first-order valence-electron chi connectivity index (χ1n) is 23.3. The molecule has 1 aromatic heterocycles. The van der Waals surface area contributed by atoms with Crippen molar-refractivity contribution in [1.29, 1.82) is 0 Å². The van der Waals surface area contributed by atoms with Gasteiger partial charge in [-0.25, -0.2) is 0 Å². The highest BCUT2D eigenvalue weighted by molar-refractivity contribution is 8.07. The number of benzene rings is 3. The molecule has 0 saturated carbocycles. The molecule has 0 saturated heterocycles. The molecular formula is C65H47NS. The van der Waals surface area contributed by atoms with E-state index in [4.69, 9.17) is 0 Å². The molecule has 4 aromatic rings. The maximum Gasteiger partial charge on any atom is 0.0897 e. The summed E-state index contributed by atoms with van der Waals surface area (Å²) in [5.74, 6) is 0.496. The Morgan fingerprint density at radius 2 is 1.45 bits per heavy atom. The minimum Gasteiger partial charge on any atom is -0.302 e. The molecule has 8 aliphatic rings. The Kier molecular flexibility index (Phi) is 11.3. The van der Waals surface area contributed by atoms with E-state index in [0.717, 1.165) is 101 Å². The monoisotopic (exact) mass is 873 g/mol. The van der Waals surface area contributed by atoms with Crippen LogP contribution in [0.3, 0.4) is 0 Å². The molecule has 1 aliphatic heterocycles. The van der Waals surface area contributed by atoms with Gasteiger partial charge in [-0.15, -0.1) is 17.2 Å². The fourth-order valence-electron chi connectivity index (χ4n) is 9.64. The number of nitrogens with zero attached hydrogens (tertiary/aromatic N) is 1. The van der Waals surface area contributed by atoms with Crippen molar-refractivity contribution in [1.82, 2.24) is 4.57 Å². The van der Waals surface area contributed by atoms with Gasteiger partial charge in [0, 0.05) is 60.3 Å². The average Bonchev–Trinajstić information content (AvgIpc) is 3.88. The van der Waals surface area contributed by atoms with Gasteiger partial charge in [-0.2, -0.15) is 0 Å². The summed E-state index contributed by atoms with van der Waals surface area (Å²) in [5.41, 5.74) is 37.6. The van der Waals surface area contributed by atoms with Crippen molar-refractivity contribution in [3.63, 3.8) is 0 Å². The summed E-state index contributed by atoms with van der Waals surface area (Å²) in [5, 5.41) is 2.40. The number of hydrogen-bond acceptors (Lipinski definition) is 1. The van der Waals surface area contributed by atoms with Gasteiger partial charge >= 0.3 is 0 Å². The van der Waals surface area contributed by atoms with Crippen molar-refractivity contribution in [2.75, 3.05) is 0 Å². The molecule has 318 valence electrons. The largest absolute Gasteiger partial charge is 0.302 e. The van der Waals surface area contributed by atoms with Crippen LogP contribution in [0.5, 0.6) is 0 Å². The van der Waals surface area contributed by atoms with Gasteiger partial charge in [-0.05, 0) is 120 Å². The molecule has 1 unspecified atom stereocenters.